The van der Waals surface area contributed by atoms with Gasteiger partial charge in [-0.05, 0) is 49.6 Å². The van der Waals surface area contributed by atoms with Crippen molar-refractivity contribution in [1.82, 2.24) is 14.8 Å². The van der Waals surface area contributed by atoms with Gasteiger partial charge in [-0.1, -0.05) is 71.4 Å². The third-order valence-corrected chi connectivity index (χ3v) is 7.67. The van der Waals surface area contributed by atoms with E-state index < -0.39 is 11.0 Å². The topological polar surface area (TPSA) is 115 Å². The minimum absolute atomic E-state index is 0.0761. The number of benzene rings is 3. The van der Waals surface area contributed by atoms with Gasteiger partial charge in [0.1, 0.15) is 6.04 Å². The van der Waals surface area contributed by atoms with Crippen molar-refractivity contribution in [3.8, 4) is 0 Å². The largest absolute Gasteiger partial charge is 0.328 e. The number of amides is 1. The highest BCUT2D eigenvalue weighted by Crippen LogP contribution is 2.38. The van der Waals surface area contributed by atoms with Gasteiger partial charge in [-0.15, -0.1) is 5.10 Å². The molecule has 0 saturated carbocycles. The molecule has 1 atom stereocenters. The molecule has 0 saturated heterocycles. The van der Waals surface area contributed by atoms with Crippen LogP contribution in [-0.2, 0) is 10.5 Å². The number of aryl methyl sites for hydroxylation is 2. The molecule has 0 spiro atoms. The van der Waals surface area contributed by atoms with Gasteiger partial charge in [0.05, 0.1) is 10.5 Å². The van der Waals surface area contributed by atoms with E-state index in [9.17, 15) is 14.9 Å². The third kappa shape index (κ3) is 5.52. The molecule has 39 heavy (non-hydrogen) atoms. The van der Waals surface area contributed by atoms with Crippen molar-refractivity contribution < 1.29 is 9.72 Å². The van der Waals surface area contributed by atoms with Crippen LogP contribution in [0.2, 0.25) is 5.02 Å². The van der Waals surface area contributed by atoms with Gasteiger partial charge in [-0.25, -0.2) is 4.68 Å². The van der Waals surface area contributed by atoms with E-state index in [1.54, 1.807) is 23.7 Å². The summed E-state index contributed by atoms with van der Waals surface area (Å²) >= 11 is 7.72. The molecule has 0 bridgehead atoms. The zero-order chi connectivity index (χ0) is 27.7. The average molecular weight is 561 g/mol. The Labute approximate surface area is 234 Å². The number of nitrogens with one attached hydrogen (secondary N) is 2. The van der Waals surface area contributed by atoms with Gasteiger partial charge in [-0.3, -0.25) is 14.9 Å². The Balaban J connectivity index is 1.53. The van der Waals surface area contributed by atoms with Crippen LogP contribution in [0.1, 0.15) is 35.2 Å². The Kier molecular flexibility index (Phi) is 7.40. The summed E-state index contributed by atoms with van der Waals surface area (Å²) in [7, 11) is 0. The van der Waals surface area contributed by atoms with Crippen molar-refractivity contribution in [2.24, 2.45) is 0 Å². The highest BCUT2D eigenvalue weighted by Gasteiger charge is 2.35. The lowest BCUT2D eigenvalue weighted by Crippen LogP contribution is -2.31. The zero-order valence-electron chi connectivity index (χ0n) is 21.4. The fourth-order valence-corrected chi connectivity index (χ4v) is 5.62. The van der Waals surface area contributed by atoms with E-state index in [1.165, 1.54) is 23.9 Å². The number of halogens is 1. The van der Waals surface area contributed by atoms with E-state index in [0.29, 0.717) is 44.4 Å². The zero-order valence-corrected chi connectivity index (χ0v) is 23.0. The summed E-state index contributed by atoms with van der Waals surface area (Å²) in [5, 5.41) is 23.6. The Morgan fingerprint density at radius 2 is 1.92 bits per heavy atom. The number of allylic oxidation sites excluding steroid dienone is 1. The maximum Gasteiger partial charge on any atom is 0.269 e. The number of non-ortho nitro benzene ring substituents is 1. The first-order chi connectivity index (χ1) is 18.7. The standard InChI is InChI=1S/C28H25ClN6O3S/c1-16-11-12-23(17(2)13-16)31-26(36)24-18(3)30-27-32-28(39-15-20-7-4-5-10-22(20)29)33-34(27)25(24)19-8-6-9-21(14-19)35(37)38/h4-14,25H,15H2,1-3H3,(H,31,36)(H,30,32,33)/t25-/m0/s1. The van der Waals surface area contributed by atoms with Gasteiger partial charge in [0.15, 0.2) is 0 Å². The molecule has 0 fully saturated rings. The maximum absolute atomic E-state index is 13.8. The first kappa shape index (κ1) is 26.5. The predicted molar refractivity (Wildman–Crippen MR) is 153 cm³/mol. The number of nitro groups is 1. The molecule has 5 rings (SSSR count). The fraction of sp³-hybridized carbons (Fsp3) is 0.179. The molecule has 1 aliphatic heterocycles. The van der Waals surface area contributed by atoms with Crippen molar-refractivity contribution in [2.75, 3.05) is 10.6 Å². The van der Waals surface area contributed by atoms with Gasteiger partial charge < -0.3 is 10.6 Å². The number of carbonyl (C=O) groups excluding carboxylic acids is 1. The molecule has 4 aromatic rings. The summed E-state index contributed by atoms with van der Waals surface area (Å²) in [5.41, 5.74) is 5.08. The summed E-state index contributed by atoms with van der Waals surface area (Å²) in [6.45, 7) is 5.71. The van der Waals surface area contributed by atoms with E-state index in [0.717, 1.165) is 16.7 Å². The molecule has 3 aromatic carbocycles. The van der Waals surface area contributed by atoms with Crippen LogP contribution in [-0.4, -0.2) is 25.6 Å². The Morgan fingerprint density at radius 3 is 2.67 bits per heavy atom. The molecule has 198 valence electrons. The summed E-state index contributed by atoms with van der Waals surface area (Å²) in [6.07, 6.45) is 0. The molecule has 0 radical (unpaired) electrons. The number of anilines is 2. The van der Waals surface area contributed by atoms with E-state index in [-0.39, 0.29) is 11.6 Å². The van der Waals surface area contributed by atoms with Crippen LogP contribution in [0.3, 0.4) is 0 Å². The molecule has 0 aliphatic carbocycles. The van der Waals surface area contributed by atoms with Crippen molar-refractivity contribution in [3.05, 3.63) is 115 Å². The SMILES string of the molecule is CC1=C(C(=O)Nc2ccc(C)cc2C)[C@H](c2cccc([N+](=O)[O-])c2)n2nc(SCc3ccccc3Cl)nc2N1. The van der Waals surface area contributed by atoms with Gasteiger partial charge in [-0.2, -0.15) is 4.98 Å². The lowest BCUT2D eigenvalue weighted by molar-refractivity contribution is -0.384. The van der Waals surface area contributed by atoms with E-state index in [4.69, 9.17) is 16.7 Å². The van der Waals surface area contributed by atoms with Crippen LogP contribution in [0.15, 0.2) is 83.2 Å². The minimum Gasteiger partial charge on any atom is -0.328 e. The fourth-order valence-electron chi connectivity index (χ4n) is 4.50. The molecule has 1 amide bonds. The second-order valence-corrected chi connectivity index (χ2v) is 10.6. The number of thioether (sulfide) groups is 1. The quantitative estimate of drug-likeness (QED) is 0.147. The normalized spacial score (nSPS) is 14.5. The van der Waals surface area contributed by atoms with Crippen LogP contribution in [0.5, 0.6) is 0 Å². The summed E-state index contributed by atoms with van der Waals surface area (Å²) in [5.74, 6) is 0.653. The van der Waals surface area contributed by atoms with Crippen LogP contribution >= 0.6 is 23.4 Å². The van der Waals surface area contributed by atoms with Crippen LogP contribution in [0.4, 0.5) is 17.3 Å². The lowest BCUT2D eigenvalue weighted by Gasteiger charge is -2.28. The van der Waals surface area contributed by atoms with E-state index in [1.807, 2.05) is 56.3 Å². The first-order valence-electron chi connectivity index (χ1n) is 12.1. The molecule has 1 aromatic heterocycles. The number of rotatable bonds is 7. The Morgan fingerprint density at radius 1 is 1.13 bits per heavy atom. The summed E-state index contributed by atoms with van der Waals surface area (Å²) in [6, 6.07) is 18.8. The maximum atomic E-state index is 13.8. The number of fused-ring (bicyclic) bond motifs is 1. The van der Waals surface area contributed by atoms with Crippen molar-refractivity contribution in [1.29, 1.82) is 0 Å². The Hall–Kier alpha value is -4.15. The molecule has 1 aliphatic rings. The second-order valence-electron chi connectivity index (χ2n) is 9.23. The number of hydrogen-bond donors (Lipinski definition) is 2. The number of aromatic nitrogens is 3. The van der Waals surface area contributed by atoms with Gasteiger partial charge in [0, 0.05) is 34.3 Å². The highest BCUT2D eigenvalue weighted by molar-refractivity contribution is 7.98. The lowest BCUT2D eigenvalue weighted by atomic mass is 9.94. The second kappa shape index (κ2) is 10.9. The van der Waals surface area contributed by atoms with Crippen molar-refractivity contribution in [3.63, 3.8) is 0 Å². The number of nitro benzene ring substituents is 1. The monoisotopic (exact) mass is 560 g/mol. The smallest absolute Gasteiger partial charge is 0.269 e. The first-order valence-corrected chi connectivity index (χ1v) is 13.5. The number of carbonyl (C=O) groups is 1. The number of hydrogen-bond acceptors (Lipinski definition) is 7. The minimum atomic E-state index is -0.742. The molecule has 2 heterocycles. The molecule has 2 N–H and O–H groups in total. The van der Waals surface area contributed by atoms with Gasteiger partial charge in [0.2, 0.25) is 11.1 Å². The molecule has 0 unspecified atom stereocenters. The van der Waals surface area contributed by atoms with Gasteiger partial charge in [0.25, 0.3) is 11.6 Å². The predicted octanol–water partition coefficient (Wildman–Crippen LogP) is 6.68. The van der Waals surface area contributed by atoms with Gasteiger partial charge >= 0.3 is 0 Å². The molecule has 9 nitrogen and oxygen atoms in total. The van der Waals surface area contributed by atoms with Crippen LogP contribution in [0, 0.1) is 24.0 Å². The molecular weight excluding hydrogens is 536 g/mol. The number of nitrogens with zero attached hydrogens (tertiary/aromatic N) is 4. The van der Waals surface area contributed by atoms with E-state index >= 15 is 0 Å². The molecular formula is C28H25ClN6O3S. The van der Waals surface area contributed by atoms with Crippen LogP contribution < -0.4 is 10.6 Å². The van der Waals surface area contributed by atoms with Crippen molar-refractivity contribution >= 4 is 46.6 Å². The van der Waals surface area contributed by atoms with E-state index in [2.05, 4.69) is 15.6 Å². The highest BCUT2D eigenvalue weighted by atomic mass is 35.5. The Bertz CT molecular complexity index is 1630. The third-order valence-electron chi connectivity index (χ3n) is 6.42. The summed E-state index contributed by atoms with van der Waals surface area (Å²) in [4.78, 5) is 29.5. The van der Waals surface area contributed by atoms with Crippen LogP contribution in [0.25, 0.3) is 0 Å². The molecule has 11 heteroatoms. The average Bonchev–Trinajstić information content (AvgIpc) is 3.31. The summed E-state index contributed by atoms with van der Waals surface area (Å²) < 4.78 is 1.61. The van der Waals surface area contributed by atoms with Crippen molar-refractivity contribution in [2.45, 2.75) is 37.7 Å².